The molecule has 2 N–H and O–H groups in total. The van der Waals surface area contributed by atoms with Crippen LogP contribution in [0.5, 0.6) is 0 Å². The van der Waals surface area contributed by atoms with Crippen LogP contribution >= 0.6 is 11.6 Å². The lowest BCUT2D eigenvalue weighted by Crippen LogP contribution is -2.26. The van der Waals surface area contributed by atoms with Crippen LogP contribution in [-0.4, -0.2) is 28.3 Å². The quantitative estimate of drug-likeness (QED) is 0.915. The van der Waals surface area contributed by atoms with Crippen LogP contribution in [0.2, 0.25) is 5.02 Å². The number of hydrogen-bond donors (Lipinski definition) is 1. The van der Waals surface area contributed by atoms with Gasteiger partial charge in [0.2, 0.25) is 0 Å². The average molecular weight is 279 g/mol. The van der Waals surface area contributed by atoms with Crippen LogP contribution in [-0.2, 0) is 6.54 Å². The molecule has 0 fully saturated rings. The van der Waals surface area contributed by atoms with Crippen LogP contribution in [0.3, 0.4) is 0 Å². The van der Waals surface area contributed by atoms with E-state index in [1.54, 1.807) is 6.07 Å². The highest BCUT2D eigenvalue weighted by atomic mass is 35.5. The van der Waals surface area contributed by atoms with Crippen molar-refractivity contribution in [1.82, 2.24) is 14.7 Å². The Morgan fingerprint density at radius 1 is 1.42 bits per heavy atom. The SMILES string of the molecule is CC(c1cccc(Cl)c1)N(C)CCn1ccc(N)n1. The number of aromatic nitrogens is 2. The number of hydrogen-bond acceptors (Lipinski definition) is 3. The van der Waals surface area contributed by atoms with Gasteiger partial charge in [0.1, 0.15) is 5.82 Å². The van der Waals surface area contributed by atoms with E-state index in [1.807, 2.05) is 29.1 Å². The van der Waals surface area contributed by atoms with Crippen LogP contribution < -0.4 is 5.73 Å². The van der Waals surface area contributed by atoms with E-state index in [9.17, 15) is 0 Å². The standard InChI is InChI=1S/C14H19ClN4/c1-11(12-4-3-5-13(15)10-12)18(2)8-9-19-7-6-14(16)17-19/h3-7,10-11H,8-9H2,1-2H3,(H2,16,17). The minimum Gasteiger partial charge on any atom is -0.382 e. The van der Waals surface area contributed by atoms with Crippen molar-refractivity contribution < 1.29 is 0 Å². The molecule has 102 valence electrons. The van der Waals surface area contributed by atoms with Crippen LogP contribution in [0.4, 0.5) is 5.82 Å². The summed E-state index contributed by atoms with van der Waals surface area (Å²) in [5.74, 6) is 0.561. The highest BCUT2D eigenvalue weighted by Gasteiger charge is 2.11. The lowest BCUT2D eigenvalue weighted by atomic mass is 10.1. The first-order valence-electron chi connectivity index (χ1n) is 6.31. The van der Waals surface area contributed by atoms with Crippen molar-refractivity contribution in [3.05, 3.63) is 47.1 Å². The van der Waals surface area contributed by atoms with Gasteiger partial charge in [-0.05, 0) is 37.7 Å². The minimum atomic E-state index is 0.312. The van der Waals surface area contributed by atoms with E-state index < -0.39 is 0 Å². The maximum atomic E-state index is 6.02. The molecule has 1 unspecified atom stereocenters. The molecule has 1 atom stereocenters. The Balaban J connectivity index is 1.94. The largest absolute Gasteiger partial charge is 0.382 e. The fraction of sp³-hybridized carbons (Fsp3) is 0.357. The molecule has 0 radical (unpaired) electrons. The molecule has 0 saturated heterocycles. The zero-order chi connectivity index (χ0) is 13.8. The van der Waals surface area contributed by atoms with Crippen LogP contribution in [0.15, 0.2) is 36.5 Å². The lowest BCUT2D eigenvalue weighted by Gasteiger charge is -2.25. The first-order chi connectivity index (χ1) is 9.06. The summed E-state index contributed by atoms with van der Waals surface area (Å²) in [5.41, 5.74) is 6.81. The molecule has 1 aromatic carbocycles. The molecule has 5 heteroatoms. The number of nitrogen functional groups attached to an aromatic ring is 1. The Morgan fingerprint density at radius 2 is 2.21 bits per heavy atom. The molecule has 1 aromatic heterocycles. The normalized spacial score (nSPS) is 12.8. The lowest BCUT2D eigenvalue weighted by molar-refractivity contribution is 0.247. The summed E-state index contributed by atoms with van der Waals surface area (Å²) in [4.78, 5) is 2.27. The second kappa shape index (κ2) is 6.08. The molecule has 4 nitrogen and oxygen atoms in total. The zero-order valence-corrected chi connectivity index (χ0v) is 12.0. The Kier molecular flexibility index (Phi) is 4.45. The molecule has 2 rings (SSSR count). The van der Waals surface area contributed by atoms with Crippen molar-refractivity contribution in [2.45, 2.75) is 19.5 Å². The van der Waals surface area contributed by atoms with E-state index in [-0.39, 0.29) is 0 Å². The summed E-state index contributed by atoms with van der Waals surface area (Å²) < 4.78 is 1.86. The van der Waals surface area contributed by atoms with Crippen molar-refractivity contribution in [1.29, 1.82) is 0 Å². The zero-order valence-electron chi connectivity index (χ0n) is 11.3. The van der Waals surface area contributed by atoms with Crippen molar-refractivity contribution in [2.75, 3.05) is 19.3 Å². The van der Waals surface area contributed by atoms with Crippen LogP contribution in [0.1, 0.15) is 18.5 Å². The van der Waals surface area contributed by atoms with Crippen molar-refractivity contribution in [2.24, 2.45) is 0 Å². The fourth-order valence-electron chi connectivity index (χ4n) is 1.98. The summed E-state index contributed by atoms with van der Waals surface area (Å²) >= 11 is 6.02. The topological polar surface area (TPSA) is 47.1 Å². The van der Waals surface area contributed by atoms with Gasteiger partial charge in [0.05, 0.1) is 6.54 Å². The van der Waals surface area contributed by atoms with Gasteiger partial charge in [0, 0.05) is 23.8 Å². The summed E-state index contributed by atoms with van der Waals surface area (Å²) in [5, 5.41) is 4.95. The van der Waals surface area contributed by atoms with Gasteiger partial charge in [0.15, 0.2) is 0 Å². The van der Waals surface area contributed by atoms with Gasteiger partial charge in [-0.3, -0.25) is 9.58 Å². The number of likely N-dealkylation sites (N-methyl/N-ethyl adjacent to an activating group) is 1. The Bertz CT molecular complexity index is 538. The van der Waals surface area contributed by atoms with Gasteiger partial charge in [0.25, 0.3) is 0 Å². The molecule has 19 heavy (non-hydrogen) atoms. The Hall–Kier alpha value is -1.52. The number of anilines is 1. The molecule has 2 aromatic rings. The molecule has 0 saturated carbocycles. The second-order valence-corrected chi connectivity index (χ2v) is 5.15. The van der Waals surface area contributed by atoms with Crippen molar-refractivity contribution in [3.63, 3.8) is 0 Å². The molecular weight excluding hydrogens is 260 g/mol. The molecule has 0 aliphatic heterocycles. The molecule has 0 amide bonds. The third kappa shape index (κ3) is 3.72. The third-order valence-corrected chi connectivity index (χ3v) is 3.57. The van der Waals surface area contributed by atoms with Crippen molar-refractivity contribution >= 4 is 17.4 Å². The fourth-order valence-corrected chi connectivity index (χ4v) is 2.18. The minimum absolute atomic E-state index is 0.312. The molecule has 0 aliphatic carbocycles. The van der Waals surface area contributed by atoms with E-state index in [0.717, 1.165) is 18.1 Å². The van der Waals surface area contributed by atoms with Gasteiger partial charge in [-0.1, -0.05) is 23.7 Å². The number of nitrogens with two attached hydrogens (primary N) is 1. The molecular formula is C14H19ClN4. The second-order valence-electron chi connectivity index (χ2n) is 4.72. The average Bonchev–Trinajstić information content (AvgIpc) is 2.81. The number of benzene rings is 1. The first kappa shape index (κ1) is 13.9. The van der Waals surface area contributed by atoms with Gasteiger partial charge in [-0.15, -0.1) is 0 Å². The van der Waals surface area contributed by atoms with E-state index in [4.69, 9.17) is 17.3 Å². The van der Waals surface area contributed by atoms with Gasteiger partial charge in [-0.25, -0.2) is 0 Å². The molecule has 0 aliphatic rings. The maximum Gasteiger partial charge on any atom is 0.145 e. The maximum absolute atomic E-state index is 6.02. The highest BCUT2D eigenvalue weighted by molar-refractivity contribution is 6.30. The smallest absolute Gasteiger partial charge is 0.145 e. The predicted molar refractivity (Wildman–Crippen MR) is 79.1 cm³/mol. The van der Waals surface area contributed by atoms with Gasteiger partial charge < -0.3 is 5.73 Å². The molecule has 0 bridgehead atoms. The predicted octanol–water partition coefficient (Wildman–Crippen LogP) is 2.81. The summed E-state index contributed by atoms with van der Waals surface area (Å²) in [6, 6.07) is 10.1. The summed E-state index contributed by atoms with van der Waals surface area (Å²) in [6.07, 6.45) is 1.90. The van der Waals surface area contributed by atoms with Crippen molar-refractivity contribution in [3.8, 4) is 0 Å². The summed E-state index contributed by atoms with van der Waals surface area (Å²) in [6.45, 7) is 3.89. The van der Waals surface area contributed by atoms with Crippen LogP contribution in [0.25, 0.3) is 0 Å². The van der Waals surface area contributed by atoms with Gasteiger partial charge in [-0.2, -0.15) is 5.10 Å². The van der Waals surface area contributed by atoms with Crippen LogP contribution in [0, 0.1) is 0 Å². The summed E-state index contributed by atoms with van der Waals surface area (Å²) in [7, 11) is 2.10. The highest BCUT2D eigenvalue weighted by Crippen LogP contribution is 2.21. The number of rotatable bonds is 5. The number of halogens is 1. The van der Waals surface area contributed by atoms with E-state index in [2.05, 4.69) is 30.0 Å². The number of nitrogens with zero attached hydrogens (tertiary/aromatic N) is 3. The van der Waals surface area contributed by atoms with E-state index in [1.165, 1.54) is 5.56 Å². The molecule has 1 heterocycles. The van der Waals surface area contributed by atoms with E-state index in [0.29, 0.717) is 11.9 Å². The first-order valence-corrected chi connectivity index (χ1v) is 6.68. The third-order valence-electron chi connectivity index (χ3n) is 3.34. The van der Waals surface area contributed by atoms with Gasteiger partial charge >= 0.3 is 0 Å². The monoisotopic (exact) mass is 278 g/mol. The van der Waals surface area contributed by atoms with E-state index >= 15 is 0 Å². The Labute approximate surface area is 118 Å². The molecule has 0 spiro atoms. The Morgan fingerprint density at radius 3 is 2.84 bits per heavy atom.